The average molecular weight is 276 g/mol. The van der Waals surface area contributed by atoms with Crippen molar-refractivity contribution in [1.82, 2.24) is 10.2 Å². The van der Waals surface area contributed by atoms with Crippen molar-refractivity contribution in [3.8, 4) is 0 Å². The molecule has 1 aromatic carbocycles. The summed E-state index contributed by atoms with van der Waals surface area (Å²) in [7, 11) is 2.17. The molecular formula is C17H28N2O. The molecule has 3 nitrogen and oxygen atoms in total. The van der Waals surface area contributed by atoms with Gasteiger partial charge in [-0.25, -0.2) is 0 Å². The van der Waals surface area contributed by atoms with Crippen LogP contribution in [-0.2, 0) is 11.2 Å². The van der Waals surface area contributed by atoms with Crippen molar-refractivity contribution in [2.45, 2.75) is 38.8 Å². The third-order valence-electron chi connectivity index (χ3n) is 4.03. The lowest BCUT2D eigenvalue weighted by Crippen LogP contribution is -2.46. The Hall–Kier alpha value is -0.900. The predicted octanol–water partition coefficient (Wildman–Crippen LogP) is 2.62. The number of hydrogen-bond donors (Lipinski definition) is 1. The van der Waals surface area contributed by atoms with Crippen LogP contribution in [0.15, 0.2) is 24.3 Å². The summed E-state index contributed by atoms with van der Waals surface area (Å²) >= 11 is 0. The number of benzene rings is 1. The molecule has 1 saturated heterocycles. The van der Waals surface area contributed by atoms with Crippen LogP contribution in [0, 0.1) is 0 Å². The molecule has 2 atom stereocenters. The number of rotatable bonds is 6. The highest BCUT2D eigenvalue weighted by Gasteiger charge is 2.27. The van der Waals surface area contributed by atoms with E-state index >= 15 is 0 Å². The molecule has 2 rings (SSSR count). The van der Waals surface area contributed by atoms with Crippen LogP contribution in [0.25, 0.3) is 0 Å². The Morgan fingerprint density at radius 3 is 2.65 bits per heavy atom. The molecule has 1 aromatic rings. The van der Waals surface area contributed by atoms with Gasteiger partial charge >= 0.3 is 0 Å². The lowest BCUT2D eigenvalue weighted by molar-refractivity contribution is -0.0392. The van der Waals surface area contributed by atoms with E-state index in [1.807, 2.05) is 0 Å². The van der Waals surface area contributed by atoms with Gasteiger partial charge in [-0.2, -0.15) is 0 Å². The molecule has 0 radical (unpaired) electrons. The van der Waals surface area contributed by atoms with Crippen LogP contribution >= 0.6 is 0 Å². The minimum absolute atomic E-state index is 0.243. The molecule has 3 heteroatoms. The highest BCUT2D eigenvalue weighted by atomic mass is 16.5. The van der Waals surface area contributed by atoms with Crippen LogP contribution in [0.3, 0.4) is 0 Å². The van der Waals surface area contributed by atoms with Gasteiger partial charge in [0.05, 0.1) is 18.8 Å². The number of morpholine rings is 1. The largest absolute Gasteiger partial charge is 0.374 e. The fourth-order valence-corrected chi connectivity index (χ4v) is 2.74. The summed E-state index contributed by atoms with van der Waals surface area (Å²) in [5.41, 5.74) is 2.74. The minimum atomic E-state index is 0.243. The van der Waals surface area contributed by atoms with Gasteiger partial charge in [-0.15, -0.1) is 0 Å². The molecule has 1 N–H and O–H groups in total. The second-order valence-corrected chi connectivity index (χ2v) is 5.70. The van der Waals surface area contributed by atoms with Gasteiger partial charge in [-0.3, -0.25) is 0 Å². The molecule has 1 heterocycles. The third kappa shape index (κ3) is 4.05. The van der Waals surface area contributed by atoms with E-state index < -0.39 is 0 Å². The standard InChI is InChI=1S/C17H28N2O/c1-4-10-18-17(16-13-19(3)11-12-20-16)15-8-6-14(5-2)7-9-15/h6-9,16-18H,4-5,10-13H2,1-3H3. The average Bonchev–Trinajstić information content (AvgIpc) is 2.48. The molecule has 0 saturated carbocycles. The van der Waals surface area contributed by atoms with E-state index in [4.69, 9.17) is 4.74 Å². The lowest BCUT2D eigenvalue weighted by Gasteiger charge is -2.36. The van der Waals surface area contributed by atoms with Crippen molar-refractivity contribution in [1.29, 1.82) is 0 Å². The molecule has 0 amide bonds. The monoisotopic (exact) mass is 276 g/mol. The van der Waals surface area contributed by atoms with Gasteiger partial charge in [0.1, 0.15) is 0 Å². The molecule has 1 fully saturated rings. The smallest absolute Gasteiger partial charge is 0.0896 e. The number of nitrogens with zero attached hydrogens (tertiary/aromatic N) is 1. The molecule has 1 aliphatic rings. The summed E-state index contributed by atoms with van der Waals surface area (Å²) in [5.74, 6) is 0. The first-order valence-corrected chi connectivity index (χ1v) is 7.87. The summed E-state index contributed by atoms with van der Waals surface area (Å²) in [4.78, 5) is 2.36. The van der Waals surface area contributed by atoms with Crippen molar-refractivity contribution >= 4 is 0 Å². The summed E-state index contributed by atoms with van der Waals surface area (Å²) in [6.07, 6.45) is 2.48. The maximum atomic E-state index is 6.01. The summed E-state index contributed by atoms with van der Waals surface area (Å²) in [6, 6.07) is 9.28. The molecule has 2 unspecified atom stereocenters. The summed E-state index contributed by atoms with van der Waals surface area (Å²) in [5, 5.41) is 3.66. The van der Waals surface area contributed by atoms with Gasteiger partial charge in [-0.05, 0) is 37.6 Å². The first-order valence-electron chi connectivity index (χ1n) is 7.87. The topological polar surface area (TPSA) is 24.5 Å². The quantitative estimate of drug-likeness (QED) is 0.864. The van der Waals surface area contributed by atoms with E-state index in [-0.39, 0.29) is 6.10 Å². The Kier molecular flexibility index (Phi) is 6.02. The molecular weight excluding hydrogens is 248 g/mol. The van der Waals surface area contributed by atoms with Crippen LogP contribution in [0.4, 0.5) is 0 Å². The van der Waals surface area contributed by atoms with Crippen LogP contribution in [-0.4, -0.2) is 44.3 Å². The summed E-state index contributed by atoms with van der Waals surface area (Å²) in [6.45, 7) is 8.30. The maximum absolute atomic E-state index is 6.01. The third-order valence-corrected chi connectivity index (χ3v) is 4.03. The van der Waals surface area contributed by atoms with Gasteiger partial charge in [-0.1, -0.05) is 38.1 Å². The first kappa shape index (κ1) is 15.5. The minimum Gasteiger partial charge on any atom is -0.374 e. The number of likely N-dealkylation sites (N-methyl/N-ethyl adjacent to an activating group) is 1. The zero-order valence-electron chi connectivity index (χ0n) is 13.1. The van der Waals surface area contributed by atoms with Gasteiger partial charge in [0.25, 0.3) is 0 Å². The molecule has 20 heavy (non-hydrogen) atoms. The SMILES string of the molecule is CCCNC(c1ccc(CC)cc1)C1CN(C)CCO1. The van der Waals surface area contributed by atoms with E-state index in [9.17, 15) is 0 Å². The van der Waals surface area contributed by atoms with Gasteiger partial charge < -0.3 is 15.0 Å². The molecule has 0 spiro atoms. The van der Waals surface area contributed by atoms with E-state index in [0.717, 1.165) is 39.1 Å². The van der Waals surface area contributed by atoms with E-state index in [2.05, 4.69) is 55.4 Å². The second kappa shape index (κ2) is 7.77. The zero-order chi connectivity index (χ0) is 14.4. The maximum Gasteiger partial charge on any atom is 0.0896 e. The predicted molar refractivity (Wildman–Crippen MR) is 84.1 cm³/mol. The van der Waals surface area contributed by atoms with Crippen LogP contribution in [0.2, 0.25) is 0 Å². The Bertz CT molecular complexity index is 390. The van der Waals surface area contributed by atoms with E-state index in [1.165, 1.54) is 11.1 Å². The Morgan fingerprint density at radius 2 is 2.05 bits per heavy atom. The lowest BCUT2D eigenvalue weighted by atomic mass is 9.98. The normalized spacial score (nSPS) is 21.9. The molecule has 112 valence electrons. The second-order valence-electron chi connectivity index (χ2n) is 5.70. The highest BCUT2D eigenvalue weighted by Crippen LogP contribution is 2.23. The Balaban J connectivity index is 2.12. The van der Waals surface area contributed by atoms with Gasteiger partial charge in [0.2, 0.25) is 0 Å². The van der Waals surface area contributed by atoms with E-state index in [0.29, 0.717) is 6.04 Å². The van der Waals surface area contributed by atoms with Crippen molar-refractivity contribution < 1.29 is 4.74 Å². The summed E-state index contributed by atoms with van der Waals surface area (Å²) < 4.78 is 6.01. The Labute approximate surface area is 123 Å². The van der Waals surface area contributed by atoms with E-state index in [1.54, 1.807) is 0 Å². The fourth-order valence-electron chi connectivity index (χ4n) is 2.74. The van der Waals surface area contributed by atoms with Crippen LogP contribution in [0.1, 0.15) is 37.4 Å². The van der Waals surface area contributed by atoms with Crippen molar-refractivity contribution in [3.63, 3.8) is 0 Å². The van der Waals surface area contributed by atoms with Crippen LogP contribution < -0.4 is 5.32 Å². The number of ether oxygens (including phenoxy) is 1. The van der Waals surface area contributed by atoms with Gasteiger partial charge in [0.15, 0.2) is 0 Å². The Morgan fingerprint density at radius 1 is 1.30 bits per heavy atom. The van der Waals surface area contributed by atoms with Crippen molar-refractivity contribution in [3.05, 3.63) is 35.4 Å². The fraction of sp³-hybridized carbons (Fsp3) is 0.647. The molecule has 0 bridgehead atoms. The van der Waals surface area contributed by atoms with Crippen molar-refractivity contribution in [2.24, 2.45) is 0 Å². The van der Waals surface area contributed by atoms with Gasteiger partial charge in [0, 0.05) is 13.1 Å². The number of aryl methyl sites for hydroxylation is 1. The molecule has 1 aliphatic heterocycles. The van der Waals surface area contributed by atoms with Crippen LogP contribution in [0.5, 0.6) is 0 Å². The highest BCUT2D eigenvalue weighted by molar-refractivity contribution is 5.26. The zero-order valence-corrected chi connectivity index (χ0v) is 13.1. The number of nitrogens with one attached hydrogen (secondary N) is 1. The number of hydrogen-bond acceptors (Lipinski definition) is 3. The first-order chi connectivity index (χ1) is 9.74. The molecule has 0 aromatic heterocycles. The van der Waals surface area contributed by atoms with Crippen molar-refractivity contribution in [2.75, 3.05) is 33.3 Å². The molecule has 0 aliphatic carbocycles.